The molecule has 1 unspecified atom stereocenters. The van der Waals surface area contributed by atoms with Gasteiger partial charge in [-0.2, -0.15) is 0 Å². The summed E-state index contributed by atoms with van der Waals surface area (Å²) < 4.78 is 1.37. The van der Waals surface area contributed by atoms with Crippen LogP contribution in [-0.2, 0) is 6.42 Å². The van der Waals surface area contributed by atoms with Crippen molar-refractivity contribution in [2.75, 3.05) is 0 Å². The van der Waals surface area contributed by atoms with Crippen LogP contribution in [0.15, 0.2) is 18.2 Å². The van der Waals surface area contributed by atoms with Gasteiger partial charge in [0.05, 0.1) is 0 Å². The molecule has 1 aromatic rings. The molecule has 0 aliphatic heterocycles. The van der Waals surface area contributed by atoms with Crippen LogP contribution < -0.4 is 5.30 Å². The molecule has 0 aromatic heterocycles. The van der Waals surface area contributed by atoms with Crippen LogP contribution in [0.1, 0.15) is 12.5 Å². The Balaban J connectivity index is 3.07. The third-order valence-electron chi connectivity index (χ3n) is 1.46. The summed E-state index contributed by atoms with van der Waals surface area (Å²) in [5.41, 5.74) is 1.44. The molecular formula is C8H10IP. The molecule has 0 bridgehead atoms. The van der Waals surface area contributed by atoms with Crippen molar-refractivity contribution in [3.05, 3.63) is 27.3 Å². The lowest BCUT2D eigenvalue weighted by Crippen LogP contribution is -1.94. The molecule has 0 fully saturated rings. The van der Waals surface area contributed by atoms with Crippen LogP contribution in [0.4, 0.5) is 0 Å². The molecule has 1 aromatic carbocycles. The van der Waals surface area contributed by atoms with Gasteiger partial charge >= 0.3 is 0 Å². The molecule has 0 radical (unpaired) electrons. The van der Waals surface area contributed by atoms with Crippen LogP contribution in [-0.4, -0.2) is 0 Å². The largest absolute Gasteiger partial charge is 0.106 e. The van der Waals surface area contributed by atoms with E-state index in [1.54, 1.807) is 0 Å². The number of hydrogen-bond donors (Lipinski definition) is 0. The standard InChI is InChI=1S/C8H10IP/c1-2-6-3-4-7(10)5-8(6)9/h3-5H,2,10H2,1H3. The minimum Gasteiger partial charge on any atom is -0.106 e. The lowest BCUT2D eigenvalue weighted by molar-refractivity contribution is 1.13. The molecule has 0 heterocycles. The molecule has 10 heavy (non-hydrogen) atoms. The van der Waals surface area contributed by atoms with Gasteiger partial charge in [-0.25, -0.2) is 0 Å². The molecule has 0 aliphatic carbocycles. The van der Waals surface area contributed by atoms with Gasteiger partial charge in [-0.05, 0) is 45.9 Å². The summed E-state index contributed by atoms with van der Waals surface area (Å²) >= 11 is 2.37. The van der Waals surface area contributed by atoms with E-state index in [2.05, 4.69) is 57.0 Å². The van der Waals surface area contributed by atoms with Crippen molar-refractivity contribution in [1.82, 2.24) is 0 Å². The Labute approximate surface area is 77.8 Å². The minimum absolute atomic E-state index is 1.13. The number of halogens is 1. The Morgan fingerprint density at radius 3 is 2.70 bits per heavy atom. The van der Waals surface area contributed by atoms with Crippen LogP contribution in [0.2, 0.25) is 0 Å². The van der Waals surface area contributed by atoms with Gasteiger partial charge in [0.25, 0.3) is 0 Å². The Morgan fingerprint density at radius 2 is 2.20 bits per heavy atom. The zero-order valence-electron chi connectivity index (χ0n) is 5.89. The highest BCUT2D eigenvalue weighted by Gasteiger charge is 1.94. The Hall–Kier alpha value is 0.380. The van der Waals surface area contributed by atoms with E-state index in [1.807, 2.05) is 0 Å². The van der Waals surface area contributed by atoms with Gasteiger partial charge in [0, 0.05) is 3.57 Å². The van der Waals surface area contributed by atoms with Crippen molar-refractivity contribution in [2.24, 2.45) is 0 Å². The first-order valence-corrected chi connectivity index (χ1v) is 4.93. The molecule has 54 valence electrons. The fourth-order valence-corrected chi connectivity index (χ4v) is 2.37. The lowest BCUT2D eigenvalue weighted by Gasteiger charge is -2.00. The second-order valence-electron chi connectivity index (χ2n) is 2.20. The number of rotatable bonds is 1. The number of aryl methyl sites for hydroxylation is 1. The first-order valence-electron chi connectivity index (χ1n) is 3.28. The van der Waals surface area contributed by atoms with E-state index in [1.165, 1.54) is 14.4 Å². The van der Waals surface area contributed by atoms with Crippen LogP contribution in [0.25, 0.3) is 0 Å². The summed E-state index contributed by atoms with van der Waals surface area (Å²) in [5, 5.41) is 1.27. The predicted molar refractivity (Wildman–Crippen MR) is 57.9 cm³/mol. The van der Waals surface area contributed by atoms with Gasteiger partial charge in [0.1, 0.15) is 0 Å². The molecule has 0 saturated heterocycles. The van der Waals surface area contributed by atoms with Crippen molar-refractivity contribution < 1.29 is 0 Å². The summed E-state index contributed by atoms with van der Waals surface area (Å²) in [5.74, 6) is 0. The Morgan fingerprint density at radius 1 is 1.50 bits per heavy atom. The SMILES string of the molecule is CCc1ccc(P)cc1I. The maximum atomic E-state index is 2.70. The molecule has 2 heteroatoms. The summed E-state index contributed by atoms with van der Waals surface area (Å²) in [7, 11) is 2.70. The molecule has 0 spiro atoms. The van der Waals surface area contributed by atoms with E-state index >= 15 is 0 Å². The maximum absolute atomic E-state index is 2.70. The monoisotopic (exact) mass is 264 g/mol. The van der Waals surface area contributed by atoms with Crippen molar-refractivity contribution in [3.8, 4) is 0 Å². The van der Waals surface area contributed by atoms with Gasteiger partial charge in [0.2, 0.25) is 0 Å². The number of hydrogen-bond acceptors (Lipinski definition) is 0. The maximum Gasteiger partial charge on any atom is 0.0168 e. The van der Waals surface area contributed by atoms with Crippen molar-refractivity contribution >= 4 is 37.1 Å². The van der Waals surface area contributed by atoms with Gasteiger partial charge in [-0.1, -0.05) is 19.1 Å². The second kappa shape index (κ2) is 3.68. The zero-order valence-corrected chi connectivity index (χ0v) is 9.21. The molecule has 0 N–H and O–H groups in total. The summed E-state index contributed by atoms with van der Waals surface area (Å²) in [6.45, 7) is 2.18. The van der Waals surface area contributed by atoms with Gasteiger partial charge in [0.15, 0.2) is 0 Å². The topological polar surface area (TPSA) is 0 Å². The molecule has 0 nitrogen and oxygen atoms in total. The molecular weight excluding hydrogens is 254 g/mol. The fourth-order valence-electron chi connectivity index (χ4n) is 0.850. The summed E-state index contributed by atoms with van der Waals surface area (Å²) in [6.07, 6.45) is 1.13. The van der Waals surface area contributed by atoms with Crippen LogP contribution >= 0.6 is 31.8 Å². The normalized spacial score (nSPS) is 9.90. The smallest absolute Gasteiger partial charge is 0.0168 e. The van der Waals surface area contributed by atoms with E-state index in [9.17, 15) is 0 Å². The second-order valence-corrected chi connectivity index (χ2v) is 4.03. The Bertz CT molecular complexity index is 233. The van der Waals surface area contributed by atoms with Gasteiger partial charge < -0.3 is 0 Å². The van der Waals surface area contributed by atoms with E-state index in [-0.39, 0.29) is 0 Å². The van der Waals surface area contributed by atoms with E-state index in [0.29, 0.717) is 0 Å². The van der Waals surface area contributed by atoms with Crippen molar-refractivity contribution in [2.45, 2.75) is 13.3 Å². The minimum atomic E-state index is 1.13. The highest BCUT2D eigenvalue weighted by molar-refractivity contribution is 14.1. The van der Waals surface area contributed by atoms with Crippen LogP contribution in [0.5, 0.6) is 0 Å². The fraction of sp³-hybridized carbons (Fsp3) is 0.250. The summed E-state index contributed by atoms with van der Waals surface area (Å²) in [4.78, 5) is 0. The lowest BCUT2D eigenvalue weighted by atomic mass is 10.2. The molecule has 0 aliphatic rings. The quantitative estimate of drug-likeness (QED) is 0.539. The van der Waals surface area contributed by atoms with Crippen LogP contribution in [0, 0.1) is 3.57 Å². The van der Waals surface area contributed by atoms with Crippen molar-refractivity contribution in [3.63, 3.8) is 0 Å². The third kappa shape index (κ3) is 1.93. The van der Waals surface area contributed by atoms with Crippen LogP contribution in [0.3, 0.4) is 0 Å². The average Bonchev–Trinajstić information content (AvgIpc) is 1.88. The molecule has 1 atom stereocenters. The van der Waals surface area contributed by atoms with Gasteiger partial charge in [-0.3, -0.25) is 0 Å². The Kier molecular flexibility index (Phi) is 3.12. The molecule has 0 saturated carbocycles. The first-order chi connectivity index (χ1) is 4.74. The van der Waals surface area contributed by atoms with E-state index in [4.69, 9.17) is 0 Å². The highest BCUT2D eigenvalue weighted by atomic mass is 127. The van der Waals surface area contributed by atoms with E-state index in [0.717, 1.165) is 6.42 Å². The first kappa shape index (κ1) is 8.48. The highest BCUT2D eigenvalue weighted by Crippen LogP contribution is 2.11. The number of benzene rings is 1. The third-order valence-corrected chi connectivity index (χ3v) is 2.82. The zero-order chi connectivity index (χ0) is 7.56. The molecule has 1 rings (SSSR count). The van der Waals surface area contributed by atoms with Crippen molar-refractivity contribution in [1.29, 1.82) is 0 Å². The predicted octanol–water partition coefficient (Wildman–Crippen LogP) is 2.35. The summed E-state index contributed by atoms with van der Waals surface area (Å²) in [6, 6.07) is 6.50. The van der Waals surface area contributed by atoms with Gasteiger partial charge in [-0.15, -0.1) is 9.24 Å². The average molecular weight is 264 g/mol. The molecule has 0 amide bonds. The van der Waals surface area contributed by atoms with E-state index < -0.39 is 0 Å².